The lowest BCUT2D eigenvalue weighted by molar-refractivity contribution is -0.137. The molecule has 1 aliphatic carbocycles. The SMILES string of the molecule is CC1(C)C(=O)[C@H](C/C=C\CCCC(=O)O)[C@@H](CCC(O)CCc2cc3ccccc3s2)[C@@H]1O. The van der Waals surface area contributed by atoms with Crippen LogP contribution in [0.5, 0.6) is 0 Å². The van der Waals surface area contributed by atoms with Crippen LogP contribution in [0.15, 0.2) is 42.5 Å². The van der Waals surface area contributed by atoms with Crippen LogP contribution < -0.4 is 0 Å². The molecule has 0 spiro atoms. The summed E-state index contributed by atoms with van der Waals surface area (Å²) in [4.78, 5) is 24.8. The van der Waals surface area contributed by atoms with Gasteiger partial charge in [0.1, 0.15) is 5.78 Å². The molecule has 1 aromatic carbocycles. The van der Waals surface area contributed by atoms with Gasteiger partial charge in [0.2, 0.25) is 0 Å². The standard InChI is InChI=1S/C27H36O5S/c1-27(2)25(31)21(10-5-3-4-6-12-24(29)30)22(26(27)32)16-14-19(28)13-15-20-17-18-9-7-8-11-23(18)33-20/h3,5,7-9,11,17,19,21-22,26,28,32H,4,6,10,12-16H2,1-2H3,(H,29,30)/b5-3-/t19?,21-,22-,26+/m1/s1. The minimum absolute atomic E-state index is 0.0787. The van der Waals surface area contributed by atoms with Gasteiger partial charge in [0.15, 0.2) is 0 Å². The fourth-order valence-corrected chi connectivity index (χ4v) is 6.02. The first-order valence-corrected chi connectivity index (χ1v) is 12.8. The van der Waals surface area contributed by atoms with Crippen LogP contribution >= 0.6 is 11.3 Å². The van der Waals surface area contributed by atoms with Crippen molar-refractivity contribution in [2.45, 2.75) is 77.4 Å². The van der Waals surface area contributed by atoms with Crippen molar-refractivity contribution < 1.29 is 24.9 Å². The molecule has 6 heteroatoms. The molecule has 1 unspecified atom stereocenters. The van der Waals surface area contributed by atoms with E-state index in [0.717, 1.165) is 6.42 Å². The number of aryl methyl sites for hydroxylation is 1. The molecule has 1 heterocycles. The number of aliphatic hydroxyl groups is 2. The van der Waals surface area contributed by atoms with Crippen molar-refractivity contribution in [1.29, 1.82) is 0 Å². The van der Waals surface area contributed by atoms with Crippen molar-refractivity contribution in [2.75, 3.05) is 0 Å². The highest BCUT2D eigenvalue weighted by Crippen LogP contribution is 2.46. The number of carboxylic acids is 1. The predicted molar refractivity (Wildman–Crippen MR) is 132 cm³/mol. The second-order valence-corrected chi connectivity index (χ2v) is 11.0. The van der Waals surface area contributed by atoms with Gasteiger partial charge in [0, 0.05) is 27.3 Å². The Hall–Kier alpha value is -2.02. The van der Waals surface area contributed by atoms with Gasteiger partial charge in [-0.15, -0.1) is 11.3 Å². The molecule has 2 aromatic rings. The van der Waals surface area contributed by atoms with Crippen molar-refractivity contribution in [3.05, 3.63) is 47.4 Å². The van der Waals surface area contributed by atoms with Crippen LogP contribution in [0.2, 0.25) is 0 Å². The van der Waals surface area contributed by atoms with Crippen LogP contribution in [0, 0.1) is 17.3 Å². The Bertz CT molecular complexity index is 943. The number of fused-ring (bicyclic) bond motifs is 1. The molecule has 1 aromatic heterocycles. The lowest BCUT2D eigenvalue weighted by atomic mass is 9.85. The molecule has 33 heavy (non-hydrogen) atoms. The van der Waals surface area contributed by atoms with Gasteiger partial charge < -0.3 is 15.3 Å². The van der Waals surface area contributed by atoms with Crippen LogP contribution in [0.1, 0.15) is 63.7 Å². The highest BCUT2D eigenvalue weighted by Gasteiger charge is 2.53. The number of Topliss-reactive ketones (excluding diaryl/α,β-unsaturated/α-hetero) is 1. The quantitative estimate of drug-likeness (QED) is 0.285. The zero-order valence-corrected chi connectivity index (χ0v) is 20.4. The Balaban J connectivity index is 1.51. The molecule has 0 amide bonds. The Kier molecular flexibility index (Phi) is 8.85. The second-order valence-electron chi connectivity index (χ2n) is 9.81. The van der Waals surface area contributed by atoms with Crippen LogP contribution in [-0.4, -0.2) is 39.3 Å². The van der Waals surface area contributed by atoms with Gasteiger partial charge in [-0.25, -0.2) is 0 Å². The second kappa shape index (κ2) is 11.4. The minimum atomic E-state index is -0.801. The molecule has 4 atom stereocenters. The van der Waals surface area contributed by atoms with E-state index in [1.165, 1.54) is 15.0 Å². The topological polar surface area (TPSA) is 94.8 Å². The third kappa shape index (κ3) is 6.52. The lowest BCUT2D eigenvalue weighted by Gasteiger charge is -2.25. The number of carbonyl (C=O) groups excluding carboxylic acids is 1. The Morgan fingerprint density at radius 1 is 1.21 bits per heavy atom. The smallest absolute Gasteiger partial charge is 0.303 e. The fraction of sp³-hybridized carbons (Fsp3) is 0.556. The predicted octanol–water partition coefficient (Wildman–Crippen LogP) is 5.38. The number of thiophene rings is 1. The Morgan fingerprint density at radius 3 is 2.70 bits per heavy atom. The number of rotatable bonds is 12. The Labute approximate surface area is 200 Å². The van der Waals surface area contributed by atoms with Gasteiger partial charge >= 0.3 is 5.97 Å². The Morgan fingerprint density at radius 2 is 1.97 bits per heavy atom. The van der Waals surface area contributed by atoms with Gasteiger partial charge in [-0.1, -0.05) is 44.2 Å². The third-order valence-electron chi connectivity index (χ3n) is 6.99. The first-order chi connectivity index (χ1) is 15.7. The maximum atomic E-state index is 13.0. The average molecular weight is 473 g/mol. The summed E-state index contributed by atoms with van der Waals surface area (Å²) in [6.07, 6.45) is 7.30. The fourth-order valence-electron chi connectivity index (χ4n) is 4.94. The van der Waals surface area contributed by atoms with Gasteiger partial charge in [0.05, 0.1) is 12.2 Å². The molecule has 180 valence electrons. The highest BCUT2D eigenvalue weighted by molar-refractivity contribution is 7.19. The molecular formula is C27H36O5S. The van der Waals surface area contributed by atoms with Crippen molar-refractivity contribution in [2.24, 2.45) is 17.3 Å². The van der Waals surface area contributed by atoms with E-state index in [4.69, 9.17) is 5.11 Å². The summed E-state index contributed by atoms with van der Waals surface area (Å²) in [7, 11) is 0. The number of hydrogen-bond acceptors (Lipinski definition) is 5. The van der Waals surface area contributed by atoms with Crippen molar-refractivity contribution >= 4 is 33.2 Å². The number of allylic oxidation sites excluding steroid dienone is 2. The summed E-state index contributed by atoms with van der Waals surface area (Å²) in [5, 5.41) is 31.4. The van der Waals surface area contributed by atoms with E-state index in [-0.39, 0.29) is 24.0 Å². The molecule has 3 N–H and O–H groups in total. The summed E-state index contributed by atoms with van der Waals surface area (Å²) in [6.45, 7) is 3.61. The number of carbonyl (C=O) groups is 2. The summed E-state index contributed by atoms with van der Waals surface area (Å²) in [5.74, 6) is -1.16. The normalized spacial score (nSPS) is 23.5. The van der Waals surface area contributed by atoms with E-state index >= 15 is 0 Å². The van der Waals surface area contributed by atoms with Crippen molar-refractivity contribution in [1.82, 2.24) is 0 Å². The maximum Gasteiger partial charge on any atom is 0.303 e. The number of aliphatic hydroxyl groups excluding tert-OH is 2. The van der Waals surface area contributed by atoms with E-state index in [2.05, 4.69) is 18.2 Å². The molecule has 0 radical (unpaired) electrons. The van der Waals surface area contributed by atoms with Crippen LogP contribution in [-0.2, 0) is 16.0 Å². The van der Waals surface area contributed by atoms with Crippen LogP contribution in [0.3, 0.4) is 0 Å². The van der Waals surface area contributed by atoms with Gasteiger partial charge in [-0.2, -0.15) is 0 Å². The number of benzene rings is 1. The van der Waals surface area contributed by atoms with E-state index in [1.54, 1.807) is 11.3 Å². The minimum Gasteiger partial charge on any atom is -0.481 e. The zero-order valence-electron chi connectivity index (χ0n) is 19.6. The van der Waals surface area contributed by atoms with Gasteiger partial charge in [0.25, 0.3) is 0 Å². The highest BCUT2D eigenvalue weighted by atomic mass is 32.1. The molecule has 1 fully saturated rings. The first kappa shape index (κ1) is 25.6. The number of unbranched alkanes of at least 4 members (excludes halogenated alkanes) is 1. The largest absolute Gasteiger partial charge is 0.481 e. The van der Waals surface area contributed by atoms with Crippen LogP contribution in [0.4, 0.5) is 0 Å². The number of ketones is 1. The molecular weight excluding hydrogens is 436 g/mol. The third-order valence-corrected chi connectivity index (χ3v) is 8.16. The molecule has 0 aliphatic heterocycles. The van der Waals surface area contributed by atoms with Gasteiger partial charge in [-0.05, 0) is 68.4 Å². The summed E-state index contributed by atoms with van der Waals surface area (Å²) in [6, 6.07) is 10.5. The van der Waals surface area contributed by atoms with Crippen molar-refractivity contribution in [3.63, 3.8) is 0 Å². The summed E-state index contributed by atoms with van der Waals surface area (Å²) >= 11 is 1.76. The number of carboxylic acid groups (broad SMARTS) is 1. The molecule has 1 aliphatic rings. The molecule has 1 saturated carbocycles. The molecule has 3 rings (SSSR count). The maximum absolute atomic E-state index is 13.0. The number of aliphatic carboxylic acids is 1. The van der Waals surface area contributed by atoms with Crippen molar-refractivity contribution in [3.8, 4) is 0 Å². The zero-order chi connectivity index (χ0) is 24.0. The molecule has 0 saturated heterocycles. The molecule has 0 bridgehead atoms. The average Bonchev–Trinajstić information content (AvgIpc) is 3.26. The summed E-state index contributed by atoms with van der Waals surface area (Å²) < 4.78 is 1.26. The number of hydrogen-bond donors (Lipinski definition) is 3. The van der Waals surface area contributed by atoms with Crippen LogP contribution in [0.25, 0.3) is 10.1 Å². The summed E-state index contributed by atoms with van der Waals surface area (Å²) in [5.41, 5.74) is -0.783. The van der Waals surface area contributed by atoms with E-state index in [0.29, 0.717) is 38.5 Å². The van der Waals surface area contributed by atoms with E-state index in [9.17, 15) is 19.8 Å². The van der Waals surface area contributed by atoms with Gasteiger partial charge in [-0.3, -0.25) is 9.59 Å². The van der Waals surface area contributed by atoms with E-state index < -0.39 is 23.6 Å². The van der Waals surface area contributed by atoms with E-state index in [1.807, 2.05) is 38.1 Å². The first-order valence-electron chi connectivity index (χ1n) is 11.9. The monoisotopic (exact) mass is 472 g/mol. The lowest BCUT2D eigenvalue weighted by Crippen LogP contribution is -2.32. The molecule has 5 nitrogen and oxygen atoms in total.